The van der Waals surface area contributed by atoms with Crippen LogP contribution in [-0.2, 0) is 14.3 Å². The number of carbonyl (C=O) groups is 3. The number of piperazine rings is 1. The summed E-state index contributed by atoms with van der Waals surface area (Å²) < 4.78 is 4.94. The number of hydrogen-bond donors (Lipinski definition) is 3. The van der Waals surface area contributed by atoms with Gasteiger partial charge in [0.25, 0.3) is 0 Å². The highest BCUT2D eigenvalue weighted by Gasteiger charge is 2.34. The minimum Gasteiger partial charge on any atom is -0.480 e. The van der Waals surface area contributed by atoms with E-state index >= 15 is 0 Å². The van der Waals surface area contributed by atoms with Crippen LogP contribution in [0.5, 0.6) is 0 Å². The monoisotopic (exact) mass is 302 g/mol. The van der Waals surface area contributed by atoms with Gasteiger partial charge in [0.15, 0.2) is 0 Å². The molecule has 0 aromatic rings. The van der Waals surface area contributed by atoms with E-state index in [4.69, 9.17) is 9.84 Å². The van der Waals surface area contributed by atoms with Crippen molar-refractivity contribution in [2.45, 2.75) is 6.04 Å². The van der Waals surface area contributed by atoms with E-state index in [1.807, 2.05) is 11.9 Å². The van der Waals surface area contributed by atoms with Crippen molar-refractivity contribution in [3.63, 3.8) is 0 Å². The number of nitrogens with zero attached hydrogens (tertiary/aromatic N) is 2. The summed E-state index contributed by atoms with van der Waals surface area (Å²) >= 11 is 0. The van der Waals surface area contributed by atoms with E-state index in [2.05, 4.69) is 10.6 Å². The van der Waals surface area contributed by atoms with Gasteiger partial charge in [-0.2, -0.15) is 0 Å². The minimum atomic E-state index is -1.14. The lowest BCUT2D eigenvalue weighted by atomic mass is 10.2. The molecule has 1 aliphatic rings. The molecule has 1 heterocycles. The molecule has 0 aromatic carbocycles. The lowest BCUT2D eigenvalue weighted by molar-refractivity contribution is -0.144. The van der Waals surface area contributed by atoms with Gasteiger partial charge < -0.3 is 25.4 Å². The summed E-state index contributed by atoms with van der Waals surface area (Å²) in [5.41, 5.74) is 0. The Kier molecular flexibility index (Phi) is 6.89. The summed E-state index contributed by atoms with van der Waals surface area (Å²) in [7, 11) is 3.50. The average Bonchev–Trinajstić information content (AvgIpc) is 2.44. The van der Waals surface area contributed by atoms with Gasteiger partial charge >= 0.3 is 12.0 Å². The summed E-state index contributed by atoms with van der Waals surface area (Å²) in [6.07, 6.45) is 0. The second-order valence-corrected chi connectivity index (χ2v) is 4.81. The van der Waals surface area contributed by atoms with Crippen LogP contribution >= 0.6 is 0 Å². The van der Waals surface area contributed by atoms with Gasteiger partial charge in [-0.3, -0.25) is 9.69 Å². The van der Waals surface area contributed by atoms with Crippen molar-refractivity contribution in [3.05, 3.63) is 0 Å². The average molecular weight is 302 g/mol. The largest absolute Gasteiger partial charge is 0.480 e. The first-order valence-corrected chi connectivity index (χ1v) is 6.67. The first kappa shape index (κ1) is 17.2. The Labute approximate surface area is 123 Å². The summed E-state index contributed by atoms with van der Waals surface area (Å²) in [4.78, 5) is 37.4. The highest BCUT2D eigenvalue weighted by atomic mass is 16.5. The van der Waals surface area contributed by atoms with Gasteiger partial charge in [0.05, 0.1) is 6.61 Å². The molecule has 1 fully saturated rings. The van der Waals surface area contributed by atoms with Crippen molar-refractivity contribution < 1.29 is 24.2 Å². The van der Waals surface area contributed by atoms with E-state index in [1.54, 1.807) is 7.11 Å². The third-order valence-corrected chi connectivity index (χ3v) is 3.18. The number of likely N-dealkylation sites (N-methyl/N-ethyl adjacent to an activating group) is 1. The maximum absolute atomic E-state index is 12.0. The molecule has 0 spiro atoms. The Hall–Kier alpha value is -1.87. The number of rotatable bonds is 7. The molecule has 0 radical (unpaired) electrons. The molecule has 0 aliphatic carbocycles. The number of aliphatic carboxylic acids is 1. The van der Waals surface area contributed by atoms with Crippen LogP contribution in [0.4, 0.5) is 4.79 Å². The van der Waals surface area contributed by atoms with Crippen molar-refractivity contribution in [2.75, 3.05) is 53.5 Å². The second kappa shape index (κ2) is 8.42. The summed E-state index contributed by atoms with van der Waals surface area (Å²) in [5, 5.41) is 14.1. The molecular formula is C12H22N4O5. The standard InChI is InChI=1S/C12H22N4O5/c1-15(5-6-21-2)4-3-13-12(20)16-8-10(17)14-7-9(16)11(18)19/h9H,3-8H2,1-2H3,(H,13,20)(H,14,17)(H,18,19). The summed E-state index contributed by atoms with van der Waals surface area (Å²) in [5.74, 6) is -1.50. The number of methoxy groups -OCH3 is 1. The number of carboxylic acid groups (broad SMARTS) is 1. The molecule has 1 rings (SSSR count). The zero-order valence-corrected chi connectivity index (χ0v) is 12.3. The summed E-state index contributed by atoms with van der Waals surface area (Å²) in [6.45, 7) is 1.97. The molecule has 9 heteroatoms. The van der Waals surface area contributed by atoms with Crippen LogP contribution in [0.1, 0.15) is 0 Å². The van der Waals surface area contributed by atoms with E-state index in [1.165, 1.54) is 0 Å². The Balaban J connectivity index is 2.41. The van der Waals surface area contributed by atoms with Crippen molar-refractivity contribution in [1.82, 2.24) is 20.4 Å². The fourth-order valence-electron chi connectivity index (χ4n) is 1.89. The molecule has 21 heavy (non-hydrogen) atoms. The molecule has 3 N–H and O–H groups in total. The predicted octanol–water partition coefficient (Wildman–Crippen LogP) is -1.84. The zero-order valence-electron chi connectivity index (χ0n) is 12.3. The molecular weight excluding hydrogens is 280 g/mol. The Morgan fingerprint density at radius 2 is 2.24 bits per heavy atom. The molecule has 1 atom stereocenters. The number of hydrogen-bond acceptors (Lipinski definition) is 5. The van der Waals surface area contributed by atoms with E-state index < -0.39 is 18.0 Å². The van der Waals surface area contributed by atoms with Gasteiger partial charge in [-0.25, -0.2) is 9.59 Å². The quantitative estimate of drug-likeness (QED) is 0.509. The van der Waals surface area contributed by atoms with Crippen molar-refractivity contribution >= 4 is 17.9 Å². The third kappa shape index (κ3) is 5.56. The van der Waals surface area contributed by atoms with Gasteiger partial charge in [0, 0.05) is 33.3 Å². The molecule has 1 aliphatic heterocycles. The third-order valence-electron chi connectivity index (χ3n) is 3.18. The number of carbonyl (C=O) groups excluding carboxylic acids is 2. The van der Waals surface area contributed by atoms with Crippen molar-refractivity contribution in [3.8, 4) is 0 Å². The van der Waals surface area contributed by atoms with Crippen LogP contribution in [0.3, 0.4) is 0 Å². The Morgan fingerprint density at radius 3 is 2.86 bits per heavy atom. The van der Waals surface area contributed by atoms with Crippen LogP contribution in [-0.4, -0.2) is 92.3 Å². The topological polar surface area (TPSA) is 111 Å². The molecule has 0 aromatic heterocycles. The lowest BCUT2D eigenvalue weighted by Crippen LogP contribution is -2.61. The van der Waals surface area contributed by atoms with Gasteiger partial charge in [0.1, 0.15) is 12.6 Å². The Bertz CT molecular complexity index is 390. The van der Waals surface area contributed by atoms with Gasteiger partial charge in [-0.1, -0.05) is 0 Å². The number of ether oxygens (including phenoxy) is 1. The van der Waals surface area contributed by atoms with E-state index in [0.717, 1.165) is 11.4 Å². The predicted molar refractivity (Wildman–Crippen MR) is 73.9 cm³/mol. The van der Waals surface area contributed by atoms with E-state index in [-0.39, 0.29) is 19.0 Å². The first-order chi connectivity index (χ1) is 9.95. The fraction of sp³-hybridized carbons (Fsp3) is 0.750. The molecule has 9 nitrogen and oxygen atoms in total. The highest BCUT2D eigenvalue weighted by Crippen LogP contribution is 2.04. The number of carboxylic acids is 1. The van der Waals surface area contributed by atoms with Gasteiger partial charge in [-0.15, -0.1) is 0 Å². The highest BCUT2D eigenvalue weighted by molar-refractivity contribution is 5.90. The normalized spacial score (nSPS) is 18.5. The van der Waals surface area contributed by atoms with Crippen LogP contribution in [0.2, 0.25) is 0 Å². The van der Waals surface area contributed by atoms with E-state index in [9.17, 15) is 14.4 Å². The maximum Gasteiger partial charge on any atom is 0.328 e. The SMILES string of the molecule is COCCN(C)CCNC(=O)N1CC(=O)NCC1C(=O)O. The van der Waals surface area contributed by atoms with Crippen LogP contribution in [0, 0.1) is 0 Å². The number of nitrogens with one attached hydrogen (secondary N) is 2. The number of amides is 3. The van der Waals surface area contributed by atoms with Crippen LogP contribution in [0.25, 0.3) is 0 Å². The molecule has 120 valence electrons. The smallest absolute Gasteiger partial charge is 0.328 e. The van der Waals surface area contributed by atoms with E-state index in [0.29, 0.717) is 19.7 Å². The first-order valence-electron chi connectivity index (χ1n) is 6.67. The Morgan fingerprint density at radius 1 is 1.52 bits per heavy atom. The molecule has 1 saturated heterocycles. The zero-order chi connectivity index (χ0) is 15.8. The van der Waals surface area contributed by atoms with Crippen molar-refractivity contribution in [2.24, 2.45) is 0 Å². The molecule has 3 amide bonds. The maximum atomic E-state index is 12.0. The van der Waals surface area contributed by atoms with Gasteiger partial charge in [-0.05, 0) is 7.05 Å². The lowest BCUT2D eigenvalue weighted by Gasteiger charge is -2.32. The molecule has 0 bridgehead atoms. The summed E-state index contributed by atoms with van der Waals surface area (Å²) in [6, 6.07) is -1.58. The van der Waals surface area contributed by atoms with Crippen LogP contribution < -0.4 is 10.6 Å². The second-order valence-electron chi connectivity index (χ2n) is 4.81. The molecule has 0 saturated carbocycles. The van der Waals surface area contributed by atoms with Crippen molar-refractivity contribution in [1.29, 1.82) is 0 Å². The van der Waals surface area contributed by atoms with Crippen LogP contribution in [0.15, 0.2) is 0 Å². The molecule has 1 unspecified atom stereocenters. The fourth-order valence-corrected chi connectivity index (χ4v) is 1.89. The van der Waals surface area contributed by atoms with Gasteiger partial charge in [0.2, 0.25) is 5.91 Å². The number of urea groups is 1. The minimum absolute atomic E-state index is 0.0741.